The summed E-state index contributed by atoms with van der Waals surface area (Å²) in [4.78, 5) is 21.3. The van der Waals surface area contributed by atoms with E-state index in [4.69, 9.17) is 4.74 Å². The average molecular weight is 373 g/mol. The molecule has 5 nitrogen and oxygen atoms in total. The van der Waals surface area contributed by atoms with E-state index in [-0.39, 0.29) is 11.6 Å². The number of carbonyl (C=O) groups is 1. The largest absolute Gasteiger partial charge is 0.447 e. The van der Waals surface area contributed by atoms with Gasteiger partial charge in [0.05, 0.1) is 11.1 Å². The van der Waals surface area contributed by atoms with Crippen LogP contribution in [0.1, 0.15) is 11.1 Å². The second-order valence-corrected chi connectivity index (χ2v) is 7.80. The zero-order valence-electron chi connectivity index (χ0n) is 15.8. The molecular formula is C23H23N3O2. The van der Waals surface area contributed by atoms with Crippen LogP contribution in [0.2, 0.25) is 0 Å². The molecule has 0 bridgehead atoms. The molecule has 1 unspecified atom stereocenters. The van der Waals surface area contributed by atoms with Crippen LogP contribution in [0, 0.1) is 0 Å². The molecule has 2 aliphatic heterocycles. The van der Waals surface area contributed by atoms with Crippen molar-refractivity contribution in [1.82, 2.24) is 14.8 Å². The van der Waals surface area contributed by atoms with Gasteiger partial charge in [-0.15, -0.1) is 0 Å². The zero-order valence-corrected chi connectivity index (χ0v) is 15.8. The average Bonchev–Trinajstić information content (AvgIpc) is 3.05. The van der Waals surface area contributed by atoms with E-state index in [0.717, 1.165) is 37.0 Å². The van der Waals surface area contributed by atoms with Gasteiger partial charge in [-0.1, -0.05) is 54.6 Å². The van der Waals surface area contributed by atoms with Crippen LogP contribution < -0.4 is 0 Å². The summed E-state index contributed by atoms with van der Waals surface area (Å²) in [5.74, 6) is 0. The molecule has 3 heterocycles. The molecule has 0 spiro atoms. The first-order valence-electron chi connectivity index (χ1n) is 9.77. The molecule has 1 atom stereocenters. The Bertz CT molecular complexity index is 1000. The van der Waals surface area contributed by atoms with Crippen molar-refractivity contribution in [3.63, 3.8) is 0 Å². The molecule has 2 aromatic carbocycles. The maximum absolute atomic E-state index is 12.3. The molecule has 1 aromatic heterocycles. The van der Waals surface area contributed by atoms with Crippen molar-refractivity contribution in [2.24, 2.45) is 0 Å². The lowest BCUT2D eigenvalue weighted by molar-refractivity contribution is 0.0478. The fourth-order valence-corrected chi connectivity index (χ4v) is 4.59. The van der Waals surface area contributed by atoms with Crippen LogP contribution >= 0.6 is 0 Å². The standard InChI is InChI=1S/C23H23N3O2/c27-22-26-13-12-25(15-20-9-4-8-19-10-5-11-24-21(19)20)16-23(26,17-28-22)14-18-6-2-1-3-7-18/h1-11H,12-17H2. The maximum atomic E-state index is 12.3. The summed E-state index contributed by atoms with van der Waals surface area (Å²) < 4.78 is 5.49. The van der Waals surface area contributed by atoms with Gasteiger partial charge in [-0.2, -0.15) is 0 Å². The van der Waals surface area contributed by atoms with Crippen molar-refractivity contribution in [2.45, 2.75) is 18.5 Å². The summed E-state index contributed by atoms with van der Waals surface area (Å²) >= 11 is 0. The number of cyclic esters (lactones) is 1. The predicted molar refractivity (Wildman–Crippen MR) is 108 cm³/mol. The number of rotatable bonds is 4. The third-order valence-electron chi connectivity index (χ3n) is 5.90. The van der Waals surface area contributed by atoms with Crippen LogP contribution in [0.4, 0.5) is 4.79 Å². The van der Waals surface area contributed by atoms with Crippen molar-refractivity contribution in [2.75, 3.05) is 26.2 Å². The van der Waals surface area contributed by atoms with Crippen molar-refractivity contribution in [3.8, 4) is 0 Å². The van der Waals surface area contributed by atoms with Gasteiger partial charge in [-0.05, 0) is 17.2 Å². The fraction of sp³-hybridized carbons (Fsp3) is 0.304. The summed E-state index contributed by atoms with van der Waals surface area (Å²) in [6.07, 6.45) is 2.48. The summed E-state index contributed by atoms with van der Waals surface area (Å²) in [6.45, 7) is 3.62. The molecule has 2 fully saturated rings. The van der Waals surface area contributed by atoms with Crippen molar-refractivity contribution in [3.05, 3.63) is 78.0 Å². The van der Waals surface area contributed by atoms with E-state index >= 15 is 0 Å². The SMILES string of the molecule is O=C1OCC2(Cc3ccccc3)CN(Cc3cccc4cccnc34)CCN12. The van der Waals surface area contributed by atoms with Crippen LogP contribution in [-0.4, -0.2) is 52.7 Å². The number of amides is 1. The van der Waals surface area contributed by atoms with Crippen LogP contribution in [0.3, 0.4) is 0 Å². The number of benzene rings is 2. The normalized spacial score (nSPS) is 22.3. The Balaban J connectivity index is 1.42. The van der Waals surface area contributed by atoms with Gasteiger partial charge in [0, 0.05) is 44.2 Å². The summed E-state index contributed by atoms with van der Waals surface area (Å²) in [6, 6.07) is 20.8. The Morgan fingerprint density at radius 1 is 1.00 bits per heavy atom. The number of para-hydroxylation sites is 1. The molecule has 0 N–H and O–H groups in total. The zero-order chi connectivity index (χ0) is 19.0. The van der Waals surface area contributed by atoms with E-state index in [1.54, 1.807) is 0 Å². The minimum absolute atomic E-state index is 0.178. The number of hydrogen-bond donors (Lipinski definition) is 0. The van der Waals surface area contributed by atoms with Crippen LogP contribution in [0.25, 0.3) is 10.9 Å². The van der Waals surface area contributed by atoms with E-state index in [1.807, 2.05) is 23.2 Å². The topological polar surface area (TPSA) is 45.7 Å². The summed E-state index contributed by atoms with van der Waals surface area (Å²) in [5, 5.41) is 1.16. The number of ether oxygens (including phenoxy) is 1. The van der Waals surface area contributed by atoms with Gasteiger partial charge in [0.15, 0.2) is 0 Å². The highest BCUT2D eigenvalue weighted by Gasteiger charge is 2.50. The Hall–Kier alpha value is -2.92. The third-order valence-corrected chi connectivity index (χ3v) is 5.90. The van der Waals surface area contributed by atoms with Gasteiger partial charge < -0.3 is 4.74 Å². The maximum Gasteiger partial charge on any atom is 0.410 e. The molecule has 5 rings (SSSR count). The van der Waals surface area contributed by atoms with Gasteiger partial charge in [-0.3, -0.25) is 14.8 Å². The third kappa shape index (κ3) is 3.02. The smallest absolute Gasteiger partial charge is 0.410 e. The highest BCUT2D eigenvalue weighted by molar-refractivity contribution is 5.81. The molecule has 3 aromatic rings. The number of aromatic nitrogens is 1. The van der Waals surface area contributed by atoms with Gasteiger partial charge in [-0.25, -0.2) is 4.79 Å². The second kappa shape index (κ2) is 6.91. The number of hydrogen-bond acceptors (Lipinski definition) is 4. The number of piperazine rings is 1. The second-order valence-electron chi connectivity index (χ2n) is 7.80. The lowest BCUT2D eigenvalue weighted by Crippen LogP contribution is -2.62. The van der Waals surface area contributed by atoms with Gasteiger partial charge in [0.25, 0.3) is 0 Å². The van der Waals surface area contributed by atoms with E-state index in [2.05, 4.69) is 58.4 Å². The van der Waals surface area contributed by atoms with Gasteiger partial charge >= 0.3 is 6.09 Å². The van der Waals surface area contributed by atoms with E-state index in [1.165, 1.54) is 11.1 Å². The van der Waals surface area contributed by atoms with Crippen molar-refractivity contribution < 1.29 is 9.53 Å². The Kier molecular flexibility index (Phi) is 4.24. The lowest BCUT2D eigenvalue weighted by atomic mass is 9.88. The molecule has 5 heteroatoms. The van der Waals surface area contributed by atoms with Gasteiger partial charge in [0.2, 0.25) is 0 Å². The van der Waals surface area contributed by atoms with Crippen LogP contribution in [0.5, 0.6) is 0 Å². The number of fused-ring (bicyclic) bond motifs is 2. The summed E-state index contributed by atoms with van der Waals surface area (Å²) in [7, 11) is 0. The molecule has 2 aliphatic rings. The Labute approximate surface area is 164 Å². The molecule has 142 valence electrons. The number of carbonyl (C=O) groups excluding carboxylic acids is 1. The molecule has 0 aliphatic carbocycles. The minimum Gasteiger partial charge on any atom is -0.447 e. The quantitative estimate of drug-likeness (QED) is 0.702. The lowest BCUT2D eigenvalue weighted by Gasteiger charge is -2.45. The first kappa shape index (κ1) is 17.2. The molecular weight excluding hydrogens is 350 g/mol. The Morgan fingerprint density at radius 2 is 1.86 bits per heavy atom. The van der Waals surface area contributed by atoms with E-state index < -0.39 is 0 Å². The minimum atomic E-state index is -0.297. The molecule has 0 saturated carbocycles. The van der Waals surface area contributed by atoms with Crippen LogP contribution in [0.15, 0.2) is 66.9 Å². The van der Waals surface area contributed by atoms with Crippen molar-refractivity contribution in [1.29, 1.82) is 0 Å². The number of nitrogens with zero attached hydrogens (tertiary/aromatic N) is 3. The highest BCUT2D eigenvalue weighted by atomic mass is 16.6. The van der Waals surface area contributed by atoms with E-state index in [9.17, 15) is 4.79 Å². The molecule has 1 amide bonds. The Morgan fingerprint density at radius 3 is 2.75 bits per heavy atom. The number of pyridine rings is 1. The van der Waals surface area contributed by atoms with Crippen molar-refractivity contribution >= 4 is 17.0 Å². The fourth-order valence-electron chi connectivity index (χ4n) is 4.59. The van der Waals surface area contributed by atoms with Gasteiger partial charge in [0.1, 0.15) is 6.61 Å². The summed E-state index contributed by atoms with van der Waals surface area (Å²) in [5.41, 5.74) is 3.23. The molecule has 2 saturated heterocycles. The predicted octanol–water partition coefficient (Wildman–Crippen LogP) is 3.48. The van der Waals surface area contributed by atoms with E-state index in [0.29, 0.717) is 13.2 Å². The highest BCUT2D eigenvalue weighted by Crippen LogP contribution is 2.33. The first-order chi connectivity index (χ1) is 13.7. The monoisotopic (exact) mass is 373 g/mol. The van der Waals surface area contributed by atoms with Crippen LogP contribution in [-0.2, 0) is 17.7 Å². The molecule has 28 heavy (non-hydrogen) atoms. The first-order valence-corrected chi connectivity index (χ1v) is 9.77. The molecule has 0 radical (unpaired) electrons.